The van der Waals surface area contributed by atoms with Crippen molar-refractivity contribution in [2.24, 2.45) is 5.92 Å². The first-order chi connectivity index (χ1) is 7.58. The van der Waals surface area contributed by atoms with E-state index in [2.05, 4.69) is 20.8 Å². The summed E-state index contributed by atoms with van der Waals surface area (Å²) in [4.78, 5) is 11.7. The number of Topliss-reactive ketones (excluding diaryl/α,β-unsaturated/α-hetero) is 1. The molecule has 0 spiro atoms. The Morgan fingerprint density at radius 2 is 2.12 bits per heavy atom. The number of hydrogen-bond acceptors (Lipinski definition) is 2. The van der Waals surface area contributed by atoms with E-state index in [0.29, 0.717) is 18.9 Å². The fourth-order valence-electron chi connectivity index (χ4n) is 2.12. The van der Waals surface area contributed by atoms with E-state index in [9.17, 15) is 4.79 Å². The van der Waals surface area contributed by atoms with Crippen LogP contribution in [0.4, 0.5) is 0 Å². The molecule has 0 N–H and O–H groups in total. The molecule has 0 aromatic heterocycles. The zero-order valence-corrected chi connectivity index (χ0v) is 10.2. The topological polar surface area (TPSA) is 26.3 Å². The van der Waals surface area contributed by atoms with Crippen LogP contribution in [0.5, 0.6) is 5.75 Å². The highest BCUT2D eigenvalue weighted by Crippen LogP contribution is 2.29. The molecule has 0 saturated heterocycles. The first-order valence-electron chi connectivity index (χ1n) is 5.87. The molecule has 0 aliphatic carbocycles. The summed E-state index contributed by atoms with van der Waals surface area (Å²) in [7, 11) is 0. The lowest BCUT2D eigenvalue weighted by Crippen LogP contribution is -2.16. The Balaban J connectivity index is 2.40. The normalized spacial score (nSPS) is 14.9. The number of fused-ring (bicyclic) bond motifs is 1. The summed E-state index contributed by atoms with van der Waals surface area (Å²) in [5, 5.41) is 0. The third kappa shape index (κ3) is 2.11. The Hall–Kier alpha value is -1.31. The van der Waals surface area contributed by atoms with Gasteiger partial charge in [0.25, 0.3) is 0 Å². The van der Waals surface area contributed by atoms with E-state index in [1.54, 1.807) is 0 Å². The number of ether oxygens (including phenoxy) is 1. The second-order valence-electron chi connectivity index (χ2n) is 4.89. The molecule has 0 radical (unpaired) electrons. The average molecular weight is 218 g/mol. The third-order valence-corrected chi connectivity index (χ3v) is 2.95. The highest BCUT2D eigenvalue weighted by atomic mass is 16.5. The summed E-state index contributed by atoms with van der Waals surface area (Å²) in [6, 6.07) is 4.02. The van der Waals surface area contributed by atoms with Crippen LogP contribution in [0, 0.1) is 12.8 Å². The lowest BCUT2D eigenvalue weighted by Gasteiger charge is -2.19. The van der Waals surface area contributed by atoms with Crippen molar-refractivity contribution < 1.29 is 9.53 Å². The molecule has 2 heteroatoms. The van der Waals surface area contributed by atoms with Crippen LogP contribution >= 0.6 is 0 Å². The smallest absolute Gasteiger partial charge is 0.170 e. The van der Waals surface area contributed by atoms with E-state index in [1.165, 1.54) is 11.1 Å². The number of ketones is 1. The lowest BCUT2D eigenvalue weighted by atomic mass is 9.94. The first kappa shape index (κ1) is 11.2. The molecule has 2 rings (SSSR count). The summed E-state index contributed by atoms with van der Waals surface area (Å²) in [5.74, 6) is 1.61. The van der Waals surface area contributed by atoms with Crippen molar-refractivity contribution in [2.45, 2.75) is 33.6 Å². The monoisotopic (exact) mass is 218 g/mol. The SMILES string of the molecule is Cc1cc2c(cc1CC(C)C)OCCC2=O. The quantitative estimate of drug-likeness (QED) is 0.762. The van der Waals surface area contributed by atoms with E-state index < -0.39 is 0 Å². The molecular weight excluding hydrogens is 200 g/mol. The van der Waals surface area contributed by atoms with Crippen molar-refractivity contribution in [3.63, 3.8) is 0 Å². The Morgan fingerprint density at radius 3 is 2.81 bits per heavy atom. The summed E-state index contributed by atoms with van der Waals surface area (Å²) >= 11 is 0. The van der Waals surface area contributed by atoms with Crippen LogP contribution in [0.25, 0.3) is 0 Å². The number of benzene rings is 1. The average Bonchev–Trinajstić information content (AvgIpc) is 2.20. The molecular formula is C14H18O2. The molecule has 0 bridgehead atoms. The Labute approximate surface area is 96.6 Å². The molecule has 1 aromatic rings. The Morgan fingerprint density at radius 1 is 1.38 bits per heavy atom. The molecule has 2 nitrogen and oxygen atoms in total. The maximum Gasteiger partial charge on any atom is 0.170 e. The van der Waals surface area contributed by atoms with Gasteiger partial charge in [0.2, 0.25) is 0 Å². The summed E-state index contributed by atoms with van der Waals surface area (Å²) in [6.07, 6.45) is 1.55. The minimum Gasteiger partial charge on any atom is -0.492 e. The highest BCUT2D eigenvalue weighted by molar-refractivity contribution is 5.99. The maximum absolute atomic E-state index is 11.7. The van der Waals surface area contributed by atoms with E-state index in [1.807, 2.05) is 12.1 Å². The lowest BCUT2D eigenvalue weighted by molar-refractivity contribution is 0.0933. The molecule has 0 atom stereocenters. The van der Waals surface area contributed by atoms with Gasteiger partial charge >= 0.3 is 0 Å². The number of carbonyl (C=O) groups is 1. The second kappa shape index (κ2) is 4.28. The van der Waals surface area contributed by atoms with Crippen molar-refractivity contribution in [3.8, 4) is 5.75 Å². The van der Waals surface area contributed by atoms with Crippen LogP contribution in [0.3, 0.4) is 0 Å². The molecule has 1 aliphatic heterocycles. The maximum atomic E-state index is 11.7. The van der Waals surface area contributed by atoms with E-state index >= 15 is 0 Å². The van der Waals surface area contributed by atoms with Gasteiger partial charge in [0.05, 0.1) is 12.2 Å². The van der Waals surface area contributed by atoms with Crippen LogP contribution in [-0.2, 0) is 6.42 Å². The first-order valence-corrected chi connectivity index (χ1v) is 5.87. The van der Waals surface area contributed by atoms with Gasteiger partial charge in [0.15, 0.2) is 5.78 Å². The van der Waals surface area contributed by atoms with E-state index in [-0.39, 0.29) is 5.78 Å². The minimum absolute atomic E-state index is 0.209. The van der Waals surface area contributed by atoms with Gasteiger partial charge < -0.3 is 4.74 Å². The minimum atomic E-state index is 0.209. The third-order valence-electron chi connectivity index (χ3n) is 2.95. The van der Waals surface area contributed by atoms with Crippen LogP contribution in [0.1, 0.15) is 41.8 Å². The summed E-state index contributed by atoms with van der Waals surface area (Å²) in [5.41, 5.74) is 3.26. The standard InChI is InChI=1S/C14H18O2/c1-9(2)6-11-8-14-12(7-10(11)3)13(15)4-5-16-14/h7-9H,4-6H2,1-3H3. The van der Waals surface area contributed by atoms with Crippen molar-refractivity contribution in [1.82, 2.24) is 0 Å². The molecule has 1 aliphatic rings. The number of rotatable bonds is 2. The summed E-state index contributed by atoms with van der Waals surface area (Å²) < 4.78 is 5.55. The number of aryl methyl sites for hydroxylation is 1. The van der Waals surface area contributed by atoms with Gasteiger partial charge in [-0.05, 0) is 42.5 Å². The van der Waals surface area contributed by atoms with Crippen LogP contribution in [0.15, 0.2) is 12.1 Å². The van der Waals surface area contributed by atoms with Crippen LogP contribution < -0.4 is 4.74 Å². The molecule has 0 amide bonds. The Kier molecular flexibility index (Phi) is 2.99. The highest BCUT2D eigenvalue weighted by Gasteiger charge is 2.19. The molecule has 0 saturated carbocycles. The van der Waals surface area contributed by atoms with Crippen molar-refractivity contribution >= 4 is 5.78 Å². The zero-order chi connectivity index (χ0) is 11.7. The fraction of sp³-hybridized carbons (Fsp3) is 0.500. The van der Waals surface area contributed by atoms with Gasteiger partial charge in [0, 0.05) is 6.42 Å². The van der Waals surface area contributed by atoms with Crippen LogP contribution in [-0.4, -0.2) is 12.4 Å². The van der Waals surface area contributed by atoms with Crippen molar-refractivity contribution in [3.05, 3.63) is 28.8 Å². The largest absolute Gasteiger partial charge is 0.492 e. The predicted molar refractivity (Wildman–Crippen MR) is 64.2 cm³/mol. The van der Waals surface area contributed by atoms with Crippen molar-refractivity contribution in [2.75, 3.05) is 6.61 Å². The zero-order valence-electron chi connectivity index (χ0n) is 10.2. The van der Waals surface area contributed by atoms with Crippen molar-refractivity contribution in [1.29, 1.82) is 0 Å². The van der Waals surface area contributed by atoms with E-state index in [0.717, 1.165) is 17.7 Å². The van der Waals surface area contributed by atoms with Gasteiger partial charge in [-0.3, -0.25) is 4.79 Å². The predicted octanol–water partition coefficient (Wildman–Crippen LogP) is 3.16. The molecule has 0 unspecified atom stereocenters. The Bertz CT molecular complexity index is 419. The van der Waals surface area contributed by atoms with Crippen LogP contribution in [0.2, 0.25) is 0 Å². The summed E-state index contributed by atoms with van der Waals surface area (Å²) in [6.45, 7) is 6.99. The number of carbonyl (C=O) groups excluding carboxylic acids is 1. The molecule has 1 aromatic carbocycles. The molecule has 16 heavy (non-hydrogen) atoms. The van der Waals surface area contributed by atoms with Gasteiger partial charge in [-0.15, -0.1) is 0 Å². The molecule has 0 fully saturated rings. The van der Waals surface area contributed by atoms with Gasteiger partial charge in [-0.1, -0.05) is 13.8 Å². The molecule has 1 heterocycles. The van der Waals surface area contributed by atoms with Gasteiger partial charge in [-0.2, -0.15) is 0 Å². The fourth-order valence-corrected chi connectivity index (χ4v) is 2.12. The number of hydrogen-bond donors (Lipinski definition) is 0. The van der Waals surface area contributed by atoms with E-state index in [4.69, 9.17) is 4.74 Å². The van der Waals surface area contributed by atoms with Gasteiger partial charge in [-0.25, -0.2) is 0 Å². The molecule has 86 valence electrons. The second-order valence-corrected chi connectivity index (χ2v) is 4.89. The van der Waals surface area contributed by atoms with Gasteiger partial charge in [0.1, 0.15) is 5.75 Å².